The largest absolute Gasteiger partial charge is 0.391 e. The summed E-state index contributed by atoms with van der Waals surface area (Å²) in [5.41, 5.74) is 9.18. The van der Waals surface area contributed by atoms with Crippen molar-refractivity contribution in [2.45, 2.75) is 91.0 Å². The molecule has 2 unspecified atom stereocenters. The zero-order valence-corrected chi connectivity index (χ0v) is 43.6. The highest BCUT2D eigenvalue weighted by molar-refractivity contribution is 7.92. The fraction of sp³-hybridized carbons (Fsp3) is 0.423. The Morgan fingerprint density at radius 1 is 0.887 bits per heavy atom. The topological polar surface area (TPSA) is 202 Å². The van der Waals surface area contributed by atoms with Gasteiger partial charge >= 0.3 is 0 Å². The van der Waals surface area contributed by atoms with Gasteiger partial charge in [0.2, 0.25) is 33.7 Å². The van der Waals surface area contributed by atoms with E-state index in [9.17, 15) is 27.9 Å². The third kappa shape index (κ3) is 13.1. The standard InChI is InChI=1S/C52H64N10O6S3/c1-33(35-14-16-36(17-15-35)47-34(2)54-32-70-47)55-49(65)43-28-41(63)30-62(43)50(66)48(52(3,4)5)57-45(64)13-8-7-9-22-60-23-25-61(26-24-60)40-20-18-38(19-21-40)56-51-53-29-44-46(58-51)42(31-69-44)37-11-10-12-39(27-37)59-71(6,67)68/h10-12,14-21,27,29,31-33,41,43,48,59,63H,7-9,13,22-26,28,30H2,1-6H3,(H,55,65)(H,57,64)(H,53,56,58)/t33-,41?,43?,48+/m0/s1. The van der Waals surface area contributed by atoms with E-state index in [0.29, 0.717) is 24.5 Å². The summed E-state index contributed by atoms with van der Waals surface area (Å²) in [6.45, 7) is 14.2. The van der Waals surface area contributed by atoms with Crippen LogP contribution in [-0.4, -0.2) is 120 Å². The summed E-state index contributed by atoms with van der Waals surface area (Å²) in [4.78, 5) is 62.3. The highest BCUT2D eigenvalue weighted by Gasteiger charge is 2.44. The Morgan fingerprint density at radius 2 is 1.63 bits per heavy atom. The molecule has 3 aromatic heterocycles. The number of rotatable bonds is 18. The second kappa shape index (κ2) is 22.2. The van der Waals surface area contributed by atoms with E-state index in [1.165, 1.54) is 16.2 Å². The first kappa shape index (κ1) is 51.4. The highest BCUT2D eigenvalue weighted by atomic mass is 32.2. The minimum Gasteiger partial charge on any atom is -0.391 e. The maximum absolute atomic E-state index is 14.2. The molecule has 2 saturated heterocycles. The number of benzene rings is 3. The van der Waals surface area contributed by atoms with Gasteiger partial charge in [-0.25, -0.2) is 23.4 Å². The average Bonchev–Trinajstić information content (AvgIpc) is 4.08. The molecule has 2 fully saturated rings. The molecule has 0 saturated carbocycles. The van der Waals surface area contributed by atoms with Crippen LogP contribution in [0.2, 0.25) is 0 Å². The first-order valence-electron chi connectivity index (χ1n) is 24.1. The van der Waals surface area contributed by atoms with Crippen LogP contribution in [0.3, 0.4) is 0 Å². The second-order valence-electron chi connectivity index (χ2n) is 19.7. The molecule has 19 heteroatoms. The quantitative estimate of drug-likeness (QED) is 0.0521. The minimum atomic E-state index is -3.41. The molecule has 0 spiro atoms. The lowest BCUT2D eigenvalue weighted by Crippen LogP contribution is -2.57. The normalized spacial score (nSPS) is 17.5. The number of nitrogens with one attached hydrogen (secondary N) is 4. The van der Waals surface area contributed by atoms with Crippen LogP contribution in [0, 0.1) is 12.3 Å². The molecule has 4 atom stereocenters. The monoisotopic (exact) mass is 1020 g/mol. The SMILES string of the molecule is Cc1ncsc1-c1ccc([C@H](C)NC(=O)C2CC(O)CN2C(=O)[C@@H](NC(=O)CCCCCN2CCN(c3ccc(Nc4ncc5scc(-c6cccc(NS(C)(=O)=O)c6)c5n4)cc3)CC2)C(C)(C)C)cc1. The van der Waals surface area contributed by atoms with E-state index < -0.39 is 33.6 Å². The summed E-state index contributed by atoms with van der Waals surface area (Å²) in [6, 6.07) is 21.5. The minimum absolute atomic E-state index is 0.0239. The molecule has 376 valence electrons. The van der Waals surface area contributed by atoms with Crippen molar-refractivity contribution in [3.8, 4) is 21.6 Å². The number of thiophene rings is 1. The Bertz CT molecular complexity index is 2930. The molecule has 5 heterocycles. The Hall–Kier alpha value is -5.99. The number of anilines is 4. The van der Waals surface area contributed by atoms with Crippen molar-refractivity contribution in [1.29, 1.82) is 0 Å². The molecule has 8 rings (SSSR count). The maximum Gasteiger partial charge on any atom is 0.246 e. The number of carbonyl (C=O) groups is 3. The number of β-amino-alcohol motifs (C(OH)–C–C–N with tert-alkyl or cyclic N) is 1. The van der Waals surface area contributed by atoms with Gasteiger partial charge in [0, 0.05) is 73.6 Å². The Kier molecular flexibility index (Phi) is 16.1. The number of aryl methyl sites for hydroxylation is 1. The van der Waals surface area contributed by atoms with Crippen molar-refractivity contribution in [2.75, 3.05) is 60.5 Å². The van der Waals surface area contributed by atoms with E-state index in [2.05, 4.69) is 52.6 Å². The van der Waals surface area contributed by atoms with Gasteiger partial charge in [-0.15, -0.1) is 22.7 Å². The predicted octanol–water partition coefficient (Wildman–Crippen LogP) is 7.96. The summed E-state index contributed by atoms with van der Waals surface area (Å²) < 4.78 is 27.1. The smallest absolute Gasteiger partial charge is 0.246 e. The van der Waals surface area contributed by atoms with Crippen LogP contribution in [0.1, 0.15) is 77.1 Å². The first-order chi connectivity index (χ1) is 33.9. The number of amides is 3. The van der Waals surface area contributed by atoms with Crippen molar-refractivity contribution in [3.63, 3.8) is 0 Å². The molecule has 5 N–H and O–H groups in total. The van der Waals surface area contributed by atoms with E-state index in [1.54, 1.807) is 29.7 Å². The zero-order valence-electron chi connectivity index (χ0n) is 41.1. The number of hydrogen-bond donors (Lipinski definition) is 5. The molecular formula is C52H64N10O6S3. The van der Waals surface area contributed by atoms with Gasteiger partial charge < -0.3 is 30.9 Å². The number of thiazole rings is 1. The third-order valence-electron chi connectivity index (χ3n) is 13.1. The Morgan fingerprint density at radius 3 is 2.32 bits per heavy atom. The van der Waals surface area contributed by atoms with E-state index in [0.717, 1.165) is 106 Å². The van der Waals surface area contributed by atoms with E-state index >= 15 is 0 Å². The van der Waals surface area contributed by atoms with Crippen molar-refractivity contribution >= 4 is 83.6 Å². The molecule has 0 radical (unpaired) electrons. The zero-order chi connectivity index (χ0) is 50.5. The number of carbonyl (C=O) groups excluding carboxylic acids is 3. The van der Waals surface area contributed by atoms with Crippen LogP contribution in [0.25, 0.3) is 31.8 Å². The molecule has 2 aliphatic heterocycles. The lowest BCUT2D eigenvalue weighted by molar-refractivity contribution is -0.144. The van der Waals surface area contributed by atoms with Gasteiger partial charge in [-0.2, -0.15) is 0 Å². The molecule has 3 aromatic carbocycles. The molecule has 71 heavy (non-hydrogen) atoms. The second-order valence-corrected chi connectivity index (χ2v) is 23.2. The number of aliphatic hydroxyl groups is 1. The van der Waals surface area contributed by atoms with E-state index in [1.807, 2.05) is 94.0 Å². The van der Waals surface area contributed by atoms with Gasteiger partial charge in [0.15, 0.2) is 0 Å². The van der Waals surface area contributed by atoms with Crippen molar-refractivity contribution in [3.05, 3.63) is 101 Å². The van der Waals surface area contributed by atoms with Crippen LogP contribution in [-0.2, 0) is 24.4 Å². The molecule has 0 bridgehead atoms. The number of fused-ring (bicyclic) bond motifs is 1. The number of hydrogen-bond acceptors (Lipinski definition) is 14. The predicted molar refractivity (Wildman–Crippen MR) is 285 cm³/mol. The number of unbranched alkanes of at least 4 members (excludes halogenated alkanes) is 2. The summed E-state index contributed by atoms with van der Waals surface area (Å²) in [5, 5.41) is 22.1. The van der Waals surface area contributed by atoms with E-state index in [-0.39, 0.29) is 36.7 Å². The average molecular weight is 1020 g/mol. The summed E-state index contributed by atoms with van der Waals surface area (Å²) in [5.74, 6) is -0.432. The lowest BCUT2D eigenvalue weighted by atomic mass is 9.85. The number of aromatic nitrogens is 3. The van der Waals surface area contributed by atoms with Gasteiger partial charge in [0.25, 0.3) is 0 Å². The van der Waals surface area contributed by atoms with Crippen LogP contribution in [0.15, 0.2) is 89.9 Å². The van der Waals surface area contributed by atoms with E-state index in [4.69, 9.17) is 4.98 Å². The number of sulfonamides is 1. The summed E-state index contributed by atoms with van der Waals surface area (Å²) in [6.07, 6.45) is 5.03. The highest BCUT2D eigenvalue weighted by Crippen LogP contribution is 2.35. The molecular weight excluding hydrogens is 957 g/mol. The Balaban J connectivity index is 0.757. The van der Waals surface area contributed by atoms with Gasteiger partial charge in [-0.1, -0.05) is 63.6 Å². The fourth-order valence-electron chi connectivity index (χ4n) is 9.22. The third-order valence-corrected chi connectivity index (χ3v) is 15.6. The fourth-order valence-corrected chi connectivity index (χ4v) is 11.5. The molecule has 0 aliphatic carbocycles. The number of likely N-dealkylation sites (tertiary alicyclic amines) is 1. The van der Waals surface area contributed by atoms with Gasteiger partial charge in [-0.3, -0.25) is 24.0 Å². The number of nitrogens with zero attached hydrogens (tertiary/aromatic N) is 6. The van der Waals surface area contributed by atoms with Gasteiger partial charge in [-0.05, 0) is 91.7 Å². The Labute approximate surface area is 424 Å². The number of piperazine rings is 1. The molecule has 2 aliphatic rings. The van der Waals surface area contributed by atoms with Gasteiger partial charge in [0.05, 0.1) is 50.9 Å². The van der Waals surface area contributed by atoms with Crippen LogP contribution < -0.4 is 25.6 Å². The summed E-state index contributed by atoms with van der Waals surface area (Å²) >= 11 is 3.12. The van der Waals surface area contributed by atoms with Crippen molar-refractivity contribution < 1.29 is 27.9 Å². The maximum atomic E-state index is 14.2. The molecule has 6 aromatic rings. The van der Waals surface area contributed by atoms with Gasteiger partial charge in [0.1, 0.15) is 12.1 Å². The number of aliphatic hydroxyl groups excluding tert-OH is 1. The summed E-state index contributed by atoms with van der Waals surface area (Å²) in [7, 11) is -3.41. The molecule has 16 nitrogen and oxygen atoms in total. The van der Waals surface area contributed by atoms with Crippen molar-refractivity contribution in [2.24, 2.45) is 5.41 Å². The van der Waals surface area contributed by atoms with Crippen LogP contribution in [0.5, 0.6) is 0 Å². The lowest BCUT2D eigenvalue weighted by Gasteiger charge is -2.36. The van der Waals surface area contributed by atoms with Crippen LogP contribution >= 0.6 is 22.7 Å². The van der Waals surface area contributed by atoms with Crippen molar-refractivity contribution in [1.82, 2.24) is 35.4 Å². The first-order valence-corrected chi connectivity index (χ1v) is 27.8. The molecule has 3 amide bonds. The van der Waals surface area contributed by atoms with Crippen LogP contribution in [0.4, 0.5) is 23.0 Å².